The summed E-state index contributed by atoms with van der Waals surface area (Å²) in [5, 5.41) is 0.844. The van der Waals surface area contributed by atoms with Crippen LogP contribution in [0.25, 0.3) is 0 Å². The molecule has 76 valence electrons. The molecule has 0 spiro atoms. The van der Waals surface area contributed by atoms with Gasteiger partial charge >= 0.3 is 0 Å². The molecule has 0 aliphatic carbocycles. The SMILES string of the molecule is C/C=C\C(Cl)=C/C(C)CC.C=CC. The van der Waals surface area contributed by atoms with Gasteiger partial charge in [-0.25, -0.2) is 0 Å². The maximum atomic E-state index is 5.83. The molecule has 0 saturated heterocycles. The van der Waals surface area contributed by atoms with Gasteiger partial charge in [0.25, 0.3) is 0 Å². The number of hydrogen-bond donors (Lipinski definition) is 0. The third-order valence-corrected chi connectivity index (χ3v) is 1.67. The Kier molecular flexibility index (Phi) is 13.3. The van der Waals surface area contributed by atoms with E-state index in [1.165, 1.54) is 0 Å². The fourth-order valence-electron chi connectivity index (χ4n) is 0.604. The van der Waals surface area contributed by atoms with E-state index in [9.17, 15) is 0 Å². The van der Waals surface area contributed by atoms with E-state index < -0.39 is 0 Å². The van der Waals surface area contributed by atoms with Crippen molar-refractivity contribution in [2.45, 2.75) is 34.1 Å². The van der Waals surface area contributed by atoms with E-state index in [1.807, 2.05) is 26.0 Å². The van der Waals surface area contributed by atoms with Crippen molar-refractivity contribution in [2.75, 3.05) is 0 Å². The summed E-state index contributed by atoms with van der Waals surface area (Å²) in [6.07, 6.45) is 8.82. The van der Waals surface area contributed by atoms with Crippen LogP contribution in [0.4, 0.5) is 0 Å². The van der Waals surface area contributed by atoms with Crippen LogP contribution in [-0.2, 0) is 0 Å². The quantitative estimate of drug-likeness (QED) is 0.448. The topological polar surface area (TPSA) is 0 Å². The van der Waals surface area contributed by atoms with Crippen LogP contribution in [0.5, 0.6) is 0 Å². The number of rotatable bonds is 3. The second kappa shape index (κ2) is 11.5. The molecular weight excluding hydrogens is 180 g/mol. The Labute approximate surface area is 88.0 Å². The van der Waals surface area contributed by atoms with Gasteiger partial charge < -0.3 is 0 Å². The lowest BCUT2D eigenvalue weighted by atomic mass is 10.1. The summed E-state index contributed by atoms with van der Waals surface area (Å²) in [7, 11) is 0. The Morgan fingerprint density at radius 3 is 2.23 bits per heavy atom. The van der Waals surface area contributed by atoms with Crippen molar-refractivity contribution in [1.82, 2.24) is 0 Å². The van der Waals surface area contributed by atoms with Gasteiger partial charge in [-0.2, -0.15) is 0 Å². The molecule has 0 N–H and O–H groups in total. The average molecular weight is 201 g/mol. The van der Waals surface area contributed by atoms with Crippen LogP contribution in [0.1, 0.15) is 34.1 Å². The van der Waals surface area contributed by atoms with E-state index in [0.29, 0.717) is 5.92 Å². The van der Waals surface area contributed by atoms with Crippen molar-refractivity contribution in [1.29, 1.82) is 0 Å². The lowest BCUT2D eigenvalue weighted by Gasteiger charge is -1.99. The summed E-state index contributed by atoms with van der Waals surface area (Å²) in [5.41, 5.74) is 0. The van der Waals surface area contributed by atoms with Gasteiger partial charge in [0.05, 0.1) is 0 Å². The Bertz CT molecular complexity index is 166. The van der Waals surface area contributed by atoms with Gasteiger partial charge in [-0.3, -0.25) is 0 Å². The summed E-state index contributed by atoms with van der Waals surface area (Å²) >= 11 is 5.83. The fraction of sp³-hybridized carbons (Fsp3) is 0.500. The summed E-state index contributed by atoms with van der Waals surface area (Å²) in [6, 6.07) is 0. The fourth-order valence-corrected chi connectivity index (χ4v) is 0.945. The summed E-state index contributed by atoms with van der Waals surface area (Å²) in [6.45, 7) is 11.5. The molecule has 0 saturated carbocycles. The highest BCUT2D eigenvalue weighted by atomic mass is 35.5. The summed E-state index contributed by atoms with van der Waals surface area (Å²) in [4.78, 5) is 0. The molecule has 0 aliphatic rings. The molecule has 0 amide bonds. The lowest BCUT2D eigenvalue weighted by molar-refractivity contribution is 0.697. The monoisotopic (exact) mass is 200 g/mol. The van der Waals surface area contributed by atoms with E-state index in [4.69, 9.17) is 11.6 Å². The molecule has 0 fully saturated rings. The molecule has 0 rings (SSSR count). The van der Waals surface area contributed by atoms with Crippen LogP contribution in [0, 0.1) is 5.92 Å². The summed E-state index contributed by atoms with van der Waals surface area (Å²) in [5.74, 6) is 0.587. The third-order valence-electron chi connectivity index (χ3n) is 1.41. The first-order chi connectivity index (χ1) is 6.12. The Morgan fingerprint density at radius 2 is 1.92 bits per heavy atom. The zero-order chi connectivity index (χ0) is 10.7. The van der Waals surface area contributed by atoms with E-state index in [1.54, 1.807) is 6.08 Å². The minimum atomic E-state index is 0.587. The first-order valence-electron chi connectivity index (χ1n) is 4.69. The van der Waals surface area contributed by atoms with Gasteiger partial charge in [0.2, 0.25) is 0 Å². The molecule has 0 radical (unpaired) electrons. The molecule has 0 nitrogen and oxygen atoms in total. The molecule has 1 heteroatoms. The van der Waals surface area contributed by atoms with Crippen LogP contribution in [-0.4, -0.2) is 0 Å². The minimum absolute atomic E-state index is 0.587. The average Bonchev–Trinajstić information content (AvgIpc) is 2.06. The number of halogens is 1. The third kappa shape index (κ3) is 14.4. The molecule has 0 heterocycles. The largest absolute Gasteiger partial charge is 0.103 e. The maximum Gasteiger partial charge on any atom is 0.0365 e. The molecule has 13 heavy (non-hydrogen) atoms. The van der Waals surface area contributed by atoms with E-state index in [0.717, 1.165) is 11.5 Å². The standard InChI is InChI=1S/C9H15Cl.C3H6/c1-4-6-9(10)7-8(3)5-2;1-3-2/h4,6-8H,5H2,1-3H3;3H,1H2,2H3/b6-4-,9-7+;. The van der Waals surface area contributed by atoms with Crippen molar-refractivity contribution in [3.63, 3.8) is 0 Å². The van der Waals surface area contributed by atoms with E-state index >= 15 is 0 Å². The first kappa shape index (κ1) is 15.0. The van der Waals surface area contributed by atoms with Crippen LogP contribution in [0.3, 0.4) is 0 Å². The van der Waals surface area contributed by atoms with Crippen LogP contribution < -0.4 is 0 Å². The first-order valence-corrected chi connectivity index (χ1v) is 5.07. The zero-order valence-corrected chi connectivity index (χ0v) is 9.93. The molecular formula is C12H21Cl. The Hall–Kier alpha value is -0.490. The van der Waals surface area contributed by atoms with Gasteiger partial charge in [0.15, 0.2) is 0 Å². The van der Waals surface area contributed by atoms with Crippen LogP contribution >= 0.6 is 11.6 Å². The highest BCUT2D eigenvalue weighted by Gasteiger charge is 1.92. The van der Waals surface area contributed by atoms with Gasteiger partial charge in [-0.15, -0.1) is 6.58 Å². The number of hydrogen-bond acceptors (Lipinski definition) is 0. The van der Waals surface area contributed by atoms with Crippen LogP contribution in [0.2, 0.25) is 0 Å². The molecule has 0 bridgehead atoms. The van der Waals surface area contributed by atoms with Gasteiger partial charge in [-0.05, 0) is 25.8 Å². The lowest BCUT2D eigenvalue weighted by Crippen LogP contribution is -1.84. The van der Waals surface area contributed by atoms with Gasteiger partial charge in [-0.1, -0.05) is 50.1 Å². The predicted octanol–water partition coefficient (Wildman–Crippen LogP) is 4.92. The van der Waals surface area contributed by atoms with Gasteiger partial charge in [0.1, 0.15) is 0 Å². The highest BCUT2D eigenvalue weighted by Crippen LogP contribution is 2.10. The highest BCUT2D eigenvalue weighted by molar-refractivity contribution is 6.31. The smallest absolute Gasteiger partial charge is 0.0365 e. The Balaban J connectivity index is 0. The molecule has 0 aromatic rings. The minimum Gasteiger partial charge on any atom is -0.103 e. The van der Waals surface area contributed by atoms with Crippen molar-refractivity contribution in [3.8, 4) is 0 Å². The molecule has 1 atom stereocenters. The Morgan fingerprint density at radius 1 is 1.46 bits per heavy atom. The molecule has 0 aliphatic heterocycles. The second-order valence-electron chi connectivity index (χ2n) is 2.85. The van der Waals surface area contributed by atoms with Crippen LogP contribution in [0.15, 0.2) is 35.9 Å². The van der Waals surface area contributed by atoms with Crippen molar-refractivity contribution in [3.05, 3.63) is 35.9 Å². The van der Waals surface area contributed by atoms with E-state index in [-0.39, 0.29) is 0 Å². The normalized spacial score (nSPS) is 13.5. The zero-order valence-electron chi connectivity index (χ0n) is 9.18. The second-order valence-corrected chi connectivity index (χ2v) is 3.28. The molecule has 0 aromatic carbocycles. The predicted molar refractivity (Wildman–Crippen MR) is 64.1 cm³/mol. The number of allylic oxidation sites excluding steroid dienone is 5. The van der Waals surface area contributed by atoms with E-state index in [2.05, 4.69) is 26.5 Å². The van der Waals surface area contributed by atoms with Gasteiger partial charge in [0, 0.05) is 5.03 Å². The summed E-state index contributed by atoms with van der Waals surface area (Å²) < 4.78 is 0. The maximum absolute atomic E-state index is 5.83. The van der Waals surface area contributed by atoms with Crippen molar-refractivity contribution in [2.24, 2.45) is 5.92 Å². The van der Waals surface area contributed by atoms with Crippen molar-refractivity contribution < 1.29 is 0 Å². The molecule has 1 unspecified atom stereocenters. The molecule has 0 aromatic heterocycles. The van der Waals surface area contributed by atoms with Crippen molar-refractivity contribution >= 4 is 11.6 Å².